The van der Waals surface area contributed by atoms with Gasteiger partial charge in [0, 0.05) is 18.4 Å². The third-order valence-electron chi connectivity index (χ3n) is 11.3. The van der Waals surface area contributed by atoms with Crippen molar-refractivity contribution in [3.05, 3.63) is 0 Å². The Morgan fingerprint density at radius 3 is 2.26 bits per heavy atom. The first-order valence-electron chi connectivity index (χ1n) is 14.3. The molecule has 5 aliphatic rings. The van der Waals surface area contributed by atoms with Crippen LogP contribution in [0.25, 0.3) is 0 Å². The number of esters is 1. The second-order valence-corrected chi connectivity index (χ2v) is 19.5. The van der Waals surface area contributed by atoms with E-state index >= 15 is 0 Å². The van der Waals surface area contributed by atoms with Crippen LogP contribution in [0.5, 0.6) is 0 Å². The van der Waals surface area contributed by atoms with E-state index < -0.39 is 14.1 Å². The number of hydrogen-bond acceptors (Lipinski definition) is 5. The first-order valence-corrected chi connectivity index (χ1v) is 17.2. The Morgan fingerprint density at radius 2 is 1.60 bits per heavy atom. The van der Waals surface area contributed by atoms with Gasteiger partial charge in [0.05, 0.1) is 12.2 Å². The van der Waals surface area contributed by atoms with Gasteiger partial charge in [0.25, 0.3) is 0 Å². The zero-order chi connectivity index (χ0) is 25.6. The van der Waals surface area contributed by atoms with E-state index in [0.717, 1.165) is 25.7 Å². The molecule has 1 heterocycles. The summed E-state index contributed by atoms with van der Waals surface area (Å²) in [5.74, 6) is 2.25. The Bertz CT molecular complexity index is 833. The summed E-state index contributed by atoms with van der Waals surface area (Å²) in [5.41, 5.74) is 0.0585. The van der Waals surface area contributed by atoms with Crippen LogP contribution in [-0.4, -0.2) is 44.5 Å². The number of carbonyl (C=O) groups excluding carboxylic acids is 1. The largest absolute Gasteiger partial charge is 0.462 e. The highest BCUT2D eigenvalue weighted by atomic mass is 28.4. The van der Waals surface area contributed by atoms with Crippen LogP contribution in [0.3, 0.4) is 0 Å². The molecule has 5 nitrogen and oxygen atoms in total. The van der Waals surface area contributed by atoms with Gasteiger partial charge >= 0.3 is 5.97 Å². The Kier molecular flexibility index (Phi) is 6.39. The van der Waals surface area contributed by atoms with E-state index in [1.165, 1.54) is 19.3 Å². The number of carbonyl (C=O) groups is 1. The summed E-state index contributed by atoms with van der Waals surface area (Å²) in [4.78, 5) is 11.9. The minimum atomic E-state index is -1.81. The fourth-order valence-corrected chi connectivity index (χ4v) is 10.2. The molecule has 35 heavy (non-hydrogen) atoms. The summed E-state index contributed by atoms with van der Waals surface area (Å²) in [6, 6.07) is 0. The van der Waals surface area contributed by atoms with Crippen molar-refractivity contribution in [1.29, 1.82) is 0 Å². The SMILES string of the molecule is CC(=O)O[C@H]1CCC2C3C(CC[C@@]21C)C1CC[C@H](O[Si](C)(C)C(C)(C)C)CC1[C@H]1OC(C)(C)O[C@H]31. The molecule has 5 rings (SSSR count). The Hall–Kier alpha value is -0.433. The third-order valence-corrected chi connectivity index (χ3v) is 15.8. The molecular formula is C29H50O5Si. The Labute approximate surface area is 214 Å². The molecule has 0 aromatic rings. The van der Waals surface area contributed by atoms with Crippen molar-refractivity contribution >= 4 is 14.3 Å². The molecule has 6 heteroatoms. The minimum Gasteiger partial charge on any atom is -0.462 e. The van der Waals surface area contributed by atoms with Gasteiger partial charge in [-0.25, -0.2) is 0 Å². The molecule has 1 saturated heterocycles. The van der Waals surface area contributed by atoms with Crippen LogP contribution < -0.4 is 0 Å². The number of rotatable bonds is 3. The van der Waals surface area contributed by atoms with Crippen molar-refractivity contribution in [2.24, 2.45) is 35.0 Å². The number of hydrogen-bond donors (Lipinski definition) is 0. The van der Waals surface area contributed by atoms with Crippen LogP contribution >= 0.6 is 0 Å². The summed E-state index contributed by atoms with van der Waals surface area (Å²) >= 11 is 0. The van der Waals surface area contributed by atoms with Crippen LogP contribution in [0.15, 0.2) is 0 Å². The number of fused-ring (bicyclic) bond motifs is 8. The lowest BCUT2D eigenvalue weighted by molar-refractivity contribution is -0.173. The zero-order valence-electron chi connectivity index (χ0n) is 23.7. The van der Waals surface area contributed by atoms with Crippen molar-refractivity contribution in [3.63, 3.8) is 0 Å². The third kappa shape index (κ3) is 4.36. The molecule has 4 saturated carbocycles. The lowest BCUT2D eigenvalue weighted by atomic mass is 9.49. The van der Waals surface area contributed by atoms with Crippen molar-refractivity contribution in [2.75, 3.05) is 0 Å². The average molecular weight is 507 g/mol. The van der Waals surface area contributed by atoms with Crippen molar-refractivity contribution in [3.8, 4) is 0 Å². The number of ether oxygens (including phenoxy) is 3. The molecule has 0 amide bonds. The highest BCUT2D eigenvalue weighted by Crippen LogP contribution is 2.65. The summed E-state index contributed by atoms with van der Waals surface area (Å²) < 4.78 is 26.4. The van der Waals surface area contributed by atoms with E-state index in [0.29, 0.717) is 35.7 Å². The van der Waals surface area contributed by atoms with Gasteiger partial charge in [0.1, 0.15) is 6.10 Å². The smallest absolute Gasteiger partial charge is 0.302 e. The molecule has 5 unspecified atom stereocenters. The second kappa shape index (κ2) is 8.54. The van der Waals surface area contributed by atoms with Crippen molar-refractivity contribution < 1.29 is 23.4 Å². The van der Waals surface area contributed by atoms with Crippen LogP contribution in [0.4, 0.5) is 0 Å². The lowest BCUT2D eigenvalue weighted by Gasteiger charge is -2.59. The first kappa shape index (κ1) is 26.2. The molecular weight excluding hydrogens is 456 g/mol. The van der Waals surface area contributed by atoms with E-state index in [2.05, 4.69) is 54.6 Å². The van der Waals surface area contributed by atoms with Gasteiger partial charge in [-0.3, -0.25) is 4.79 Å². The fraction of sp³-hybridized carbons (Fsp3) is 0.966. The zero-order valence-corrected chi connectivity index (χ0v) is 24.7. The molecule has 0 bridgehead atoms. The van der Waals surface area contributed by atoms with Gasteiger partial charge in [-0.1, -0.05) is 27.7 Å². The Morgan fingerprint density at radius 1 is 0.914 bits per heavy atom. The quantitative estimate of drug-likeness (QED) is 0.315. The van der Waals surface area contributed by atoms with Crippen LogP contribution in [0.2, 0.25) is 18.1 Å². The maximum atomic E-state index is 11.9. The average Bonchev–Trinajstić information content (AvgIpc) is 3.22. The molecule has 0 aromatic heterocycles. The summed E-state index contributed by atoms with van der Waals surface area (Å²) in [6.07, 6.45) is 8.72. The monoisotopic (exact) mass is 506 g/mol. The van der Waals surface area contributed by atoms with E-state index in [4.69, 9.17) is 18.6 Å². The molecule has 0 aromatic carbocycles. The van der Waals surface area contributed by atoms with Gasteiger partial charge < -0.3 is 18.6 Å². The summed E-state index contributed by atoms with van der Waals surface area (Å²) in [5, 5.41) is 0.230. The molecule has 10 atom stereocenters. The molecule has 0 spiro atoms. The van der Waals surface area contributed by atoms with Gasteiger partial charge in [0.15, 0.2) is 14.1 Å². The molecule has 200 valence electrons. The molecule has 0 radical (unpaired) electrons. The maximum Gasteiger partial charge on any atom is 0.302 e. The Balaban J connectivity index is 1.41. The van der Waals surface area contributed by atoms with Gasteiger partial charge in [-0.05, 0) is 107 Å². The molecule has 0 N–H and O–H groups in total. The van der Waals surface area contributed by atoms with E-state index in [9.17, 15) is 4.79 Å². The van der Waals surface area contributed by atoms with E-state index in [-0.39, 0.29) is 34.7 Å². The molecule has 4 aliphatic carbocycles. The van der Waals surface area contributed by atoms with Gasteiger partial charge in [-0.15, -0.1) is 0 Å². The topological polar surface area (TPSA) is 54.0 Å². The van der Waals surface area contributed by atoms with Crippen LogP contribution in [-0.2, 0) is 23.4 Å². The van der Waals surface area contributed by atoms with E-state index in [1.807, 2.05) is 0 Å². The predicted octanol–water partition coefficient (Wildman–Crippen LogP) is 6.70. The molecule has 1 aliphatic heterocycles. The highest BCUT2D eigenvalue weighted by Gasteiger charge is 2.66. The van der Waals surface area contributed by atoms with Crippen LogP contribution in [0.1, 0.15) is 93.4 Å². The first-order chi connectivity index (χ1) is 16.1. The lowest BCUT2D eigenvalue weighted by Crippen LogP contribution is -2.60. The standard InChI is InChI=1S/C29H50O5Si/c1-17(30)31-23-13-12-22-24-20(14-15-29(22,23)7)19-11-10-18(34-35(8,9)27(2,3)4)16-21(19)25-26(24)33-28(5,6)32-25/h18-26H,10-16H2,1-9H3/t18-,19?,20?,21?,22?,23-,24?,25+,26+,29-/m0/s1. The van der Waals surface area contributed by atoms with Gasteiger partial charge in [-0.2, -0.15) is 0 Å². The second-order valence-electron chi connectivity index (χ2n) is 14.8. The van der Waals surface area contributed by atoms with Gasteiger partial charge in [0.2, 0.25) is 0 Å². The highest BCUT2D eigenvalue weighted by molar-refractivity contribution is 6.74. The summed E-state index contributed by atoms with van der Waals surface area (Å²) in [7, 11) is -1.81. The van der Waals surface area contributed by atoms with E-state index in [1.54, 1.807) is 6.92 Å². The van der Waals surface area contributed by atoms with Crippen molar-refractivity contribution in [1.82, 2.24) is 0 Å². The minimum absolute atomic E-state index is 0.0474. The summed E-state index contributed by atoms with van der Waals surface area (Å²) in [6.45, 7) is 19.9. The van der Waals surface area contributed by atoms with Crippen molar-refractivity contribution in [2.45, 2.75) is 142 Å². The maximum absolute atomic E-state index is 11.9. The predicted molar refractivity (Wildman–Crippen MR) is 139 cm³/mol. The van der Waals surface area contributed by atoms with Crippen LogP contribution in [0, 0.1) is 35.0 Å². The fourth-order valence-electron chi connectivity index (χ4n) is 8.79. The molecule has 5 fully saturated rings. The normalized spacial score (nSPS) is 46.8.